The molecule has 0 spiro atoms. The molecule has 6 nitrogen and oxygen atoms in total. The van der Waals surface area contributed by atoms with Crippen LogP contribution < -0.4 is 9.47 Å². The van der Waals surface area contributed by atoms with E-state index in [1.165, 1.54) is 36.8 Å². The summed E-state index contributed by atoms with van der Waals surface area (Å²) < 4.78 is 10.8. The van der Waals surface area contributed by atoms with E-state index >= 15 is 0 Å². The summed E-state index contributed by atoms with van der Waals surface area (Å²) in [5.41, 5.74) is 2.43. The summed E-state index contributed by atoms with van der Waals surface area (Å²) in [7, 11) is 3.32. The summed E-state index contributed by atoms with van der Waals surface area (Å²) in [6, 6.07) is 4.87. The van der Waals surface area contributed by atoms with Crippen molar-refractivity contribution < 1.29 is 14.3 Å². The van der Waals surface area contributed by atoms with Crippen molar-refractivity contribution in [2.24, 2.45) is 0 Å². The number of benzene rings is 1. The number of fused-ring (bicyclic) bond motifs is 1. The Balaban J connectivity index is 1.31. The molecule has 2 fully saturated rings. The van der Waals surface area contributed by atoms with Crippen molar-refractivity contribution in [2.45, 2.75) is 44.7 Å². The van der Waals surface area contributed by atoms with Crippen molar-refractivity contribution in [1.82, 2.24) is 14.7 Å². The highest BCUT2D eigenvalue weighted by Gasteiger charge is 2.28. The van der Waals surface area contributed by atoms with Gasteiger partial charge in [-0.2, -0.15) is 0 Å². The largest absolute Gasteiger partial charge is 0.493 e. The van der Waals surface area contributed by atoms with E-state index in [-0.39, 0.29) is 5.91 Å². The number of ether oxygens (including phenoxy) is 2. The maximum Gasteiger partial charge on any atom is 0.237 e. The van der Waals surface area contributed by atoms with Crippen LogP contribution >= 0.6 is 0 Å². The van der Waals surface area contributed by atoms with E-state index in [4.69, 9.17) is 9.47 Å². The summed E-state index contributed by atoms with van der Waals surface area (Å²) in [5, 5.41) is 0. The van der Waals surface area contributed by atoms with Crippen LogP contribution in [-0.4, -0.2) is 80.1 Å². The van der Waals surface area contributed by atoms with Crippen LogP contribution in [-0.2, 0) is 17.8 Å². The first-order valence-electron chi connectivity index (χ1n) is 10.7. The standard InChI is InChI=1S/C22H33N3O3/c1-27-20-13-17-7-8-25(15-18(17)14-21(20)28-2)22(26)16-23-9-11-24(12-10-23)19-5-3-4-6-19/h13-14,19H,3-12,15-16H2,1-2H3. The van der Waals surface area contributed by atoms with Crippen molar-refractivity contribution in [3.05, 3.63) is 23.3 Å². The Morgan fingerprint density at radius 2 is 1.61 bits per heavy atom. The van der Waals surface area contributed by atoms with Crippen molar-refractivity contribution in [2.75, 3.05) is 53.5 Å². The van der Waals surface area contributed by atoms with Crippen LogP contribution in [0.2, 0.25) is 0 Å². The van der Waals surface area contributed by atoms with E-state index in [9.17, 15) is 4.79 Å². The van der Waals surface area contributed by atoms with Gasteiger partial charge in [0.2, 0.25) is 5.91 Å². The van der Waals surface area contributed by atoms with Crippen molar-refractivity contribution in [1.29, 1.82) is 0 Å². The van der Waals surface area contributed by atoms with Crippen LogP contribution in [0.4, 0.5) is 0 Å². The maximum absolute atomic E-state index is 12.9. The molecule has 2 heterocycles. The van der Waals surface area contributed by atoms with E-state index in [0.717, 1.165) is 56.7 Å². The molecule has 2 aliphatic heterocycles. The Bertz CT molecular complexity index is 695. The van der Waals surface area contributed by atoms with Crippen LogP contribution in [0.15, 0.2) is 12.1 Å². The van der Waals surface area contributed by atoms with Gasteiger partial charge in [-0.3, -0.25) is 14.6 Å². The third kappa shape index (κ3) is 4.13. The Hall–Kier alpha value is -1.79. The zero-order chi connectivity index (χ0) is 19.5. The third-order valence-corrected chi connectivity index (χ3v) is 6.68. The van der Waals surface area contributed by atoms with Gasteiger partial charge in [-0.05, 0) is 42.5 Å². The maximum atomic E-state index is 12.9. The minimum Gasteiger partial charge on any atom is -0.493 e. The molecular weight excluding hydrogens is 354 g/mol. The molecule has 0 N–H and O–H groups in total. The lowest BCUT2D eigenvalue weighted by molar-refractivity contribution is -0.133. The highest BCUT2D eigenvalue weighted by Crippen LogP contribution is 2.33. The number of rotatable bonds is 5. The average molecular weight is 388 g/mol. The molecule has 0 radical (unpaired) electrons. The monoisotopic (exact) mass is 387 g/mol. The lowest BCUT2D eigenvalue weighted by Crippen LogP contribution is -2.52. The molecule has 1 saturated carbocycles. The van der Waals surface area contributed by atoms with Crippen LogP contribution in [0.1, 0.15) is 36.8 Å². The second-order valence-electron chi connectivity index (χ2n) is 8.29. The third-order valence-electron chi connectivity index (χ3n) is 6.68. The Morgan fingerprint density at radius 3 is 2.25 bits per heavy atom. The van der Waals surface area contributed by atoms with Crippen molar-refractivity contribution in [3.8, 4) is 11.5 Å². The number of nitrogens with zero attached hydrogens (tertiary/aromatic N) is 3. The zero-order valence-electron chi connectivity index (χ0n) is 17.3. The predicted molar refractivity (Wildman–Crippen MR) is 109 cm³/mol. The fourth-order valence-corrected chi connectivity index (χ4v) is 4.94. The molecular formula is C22H33N3O3. The van der Waals surface area contributed by atoms with Gasteiger partial charge in [0.1, 0.15) is 0 Å². The van der Waals surface area contributed by atoms with E-state index in [2.05, 4.69) is 15.9 Å². The van der Waals surface area contributed by atoms with Crippen LogP contribution in [0.3, 0.4) is 0 Å². The van der Waals surface area contributed by atoms with E-state index in [1.807, 2.05) is 11.0 Å². The number of piperazine rings is 1. The van der Waals surface area contributed by atoms with Gasteiger partial charge >= 0.3 is 0 Å². The number of hydrogen-bond acceptors (Lipinski definition) is 5. The molecule has 0 unspecified atom stereocenters. The summed E-state index contributed by atoms with van der Waals surface area (Å²) in [4.78, 5) is 19.9. The molecule has 1 aromatic rings. The van der Waals surface area contributed by atoms with Crippen LogP contribution in [0.25, 0.3) is 0 Å². The van der Waals surface area contributed by atoms with Gasteiger partial charge in [0.05, 0.1) is 20.8 Å². The number of hydrogen-bond donors (Lipinski definition) is 0. The molecule has 0 aromatic heterocycles. The van der Waals surface area contributed by atoms with Crippen LogP contribution in [0, 0.1) is 0 Å². The smallest absolute Gasteiger partial charge is 0.237 e. The second kappa shape index (κ2) is 8.70. The van der Waals surface area contributed by atoms with Crippen molar-refractivity contribution >= 4 is 5.91 Å². The molecule has 0 bridgehead atoms. The number of carbonyl (C=O) groups is 1. The quantitative estimate of drug-likeness (QED) is 0.775. The molecule has 1 saturated heterocycles. The minimum absolute atomic E-state index is 0.245. The van der Waals surface area contributed by atoms with Gasteiger partial charge in [0, 0.05) is 45.3 Å². The fourth-order valence-electron chi connectivity index (χ4n) is 4.94. The predicted octanol–water partition coefficient (Wildman–Crippen LogP) is 2.15. The first kappa shape index (κ1) is 19.5. The number of methoxy groups -OCH3 is 2. The summed E-state index contributed by atoms with van der Waals surface area (Å²) in [6.45, 7) is 6.23. The molecule has 0 atom stereocenters. The fraction of sp³-hybridized carbons (Fsp3) is 0.682. The summed E-state index contributed by atoms with van der Waals surface area (Å²) in [5.74, 6) is 1.74. The summed E-state index contributed by atoms with van der Waals surface area (Å²) >= 11 is 0. The van der Waals surface area contributed by atoms with E-state index < -0.39 is 0 Å². The molecule has 28 heavy (non-hydrogen) atoms. The van der Waals surface area contributed by atoms with E-state index in [1.54, 1.807) is 14.2 Å². The number of carbonyl (C=O) groups excluding carboxylic acids is 1. The second-order valence-corrected chi connectivity index (χ2v) is 8.29. The molecule has 154 valence electrons. The van der Waals surface area contributed by atoms with E-state index in [0.29, 0.717) is 13.1 Å². The van der Waals surface area contributed by atoms with Gasteiger partial charge in [0.25, 0.3) is 0 Å². The molecule has 4 rings (SSSR count). The highest BCUT2D eigenvalue weighted by atomic mass is 16.5. The topological polar surface area (TPSA) is 45.3 Å². The van der Waals surface area contributed by atoms with Gasteiger partial charge in [-0.15, -0.1) is 0 Å². The normalized spacial score (nSPS) is 21.6. The highest BCUT2D eigenvalue weighted by molar-refractivity contribution is 5.78. The Morgan fingerprint density at radius 1 is 0.964 bits per heavy atom. The van der Waals surface area contributed by atoms with Gasteiger partial charge in [0.15, 0.2) is 11.5 Å². The molecule has 6 heteroatoms. The first-order valence-corrected chi connectivity index (χ1v) is 10.7. The number of amides is 1. The molecule has 3 aliphatic rings. The van der Waals surface area contributed by atoms with Gasteiger partial charge < -0.3 is 14.4 Å². The molecule has 1 amide bonds. The Kier molecular flexibility index (Phi) is 6.07. The lowest BCUT2D eigenvalue weighted by Gasteiger charge is -2.38. The zero-order valence-corrected chi connectivity index (χ0v) is 17.3. The van der Waals surface area contributed by atoms with Gasteiger partial charge in [-0.1, -0.05) is 12.8 Å². The summed E-state index contributed by atoms with van der Waals surface area (Å²) in [6.07, 6.45) is 6.37. The van der Waals surface area contributed by atoms with Gasteiger partial charge in [-0.25, -0.2) is 0 Å². The Labute approximate surface area is 168 Å². The molecule has 1 aliphatic carbocycles. The SMILES string of the molecule is COc1cc2c(cc1OC)CN(C(=O)CN1CCN(C3CCCC3)CC1)CC2. The van der Waals surface area contributed by atoms with Crippen LogP contribution in [0.5, 0.6) is 11.5 Å². The minimum atomic E-state index is 0.245. The molecule has 1 aromatic carbocycles. The average Bonchev–Trinajstić information content (AvgIpc) is 3.27. The first-order chi connectivity index (χ1) is 13.7. The van der Waals surface area contributed by atoms with Crippen molar-refractivity contribution in [3.63, 3.8) is 0 Å². The lowest BCUT2D eigenvalue weighted by atomic mass is 9.98.